The highest BCUT2D eigenvalue weighted by Crippen LogP contribution is 2.41. The van der Waals surface area contributed by atoms with Gasteiger partial charge in [0.2, 0.25) is 5.91 Å². The van der Waals surface area contributed by atoms with Gasteiger partial charge in [-0.1, -0.05) is 6.07 Å². The molecule has 1 aromatic heterocycles. The first kappa shape index (κ1) is 14.8. The van der Waals surface area contributed by atoms with Crippen molar-refractivity contribution in [3.63, 3.8) is 0 Å². The number of anilines is 1. The topological polar surface area (TPSA) is 65.5 Å². The number of pyridine rings is 1. The molecule has 0 saturated carbocycles. The smallest absolute Gasteiger partial charge is 0.317 e. The van der Waals surface area contributed by atoms with Crippen molar-refractivity contribution >= 4 is 17.8 Å². The van der Waals surface area contributed by atoms with Crippen LogP contribution in [0.15, 0.2) is 24.4 Å². The molecule has 118 valence electrons. The maximum absolute atomic E-state index is 12.4. The van der Waals surface area contributed by atoms with E-state index >= 15 is 0 Å². The summed E-state index contributed by atoms with van der Waals surface area (Å²) in [6, 6.07) is 5.68. The van der Waals surface area contributed by atoms with Gasteiger partial charge in [0.15, 0.2) is 0 Å². The summed E-state index contributed by atoms with van der Waals surface area (Å²) >= 11 is 0. The zero-order chi connectivity index (χ0) is 15.7. The second-order valence-corrected chi connectivity index (χ2v) is 6.62. The molecule has 2 fully saturated rings. The summed E-state index contributed by atoms with van der Waals surface area (Å²) in [4.78, 5) is 32.3. The van der Waals surface area contributed by atoms with Crippen molar-refractivity contribution in [3.05, 3.63) is 24.4 Å². The number of hydrogen-bond donors (Lipinski definition) is 1. The lowest BCUT2D eigenvalue weighted by Crippen LogP contribution is -2.43. The van der Waals surface area contributed by atoms with Gasteiger partial charge in [-0.05, 0) is 32.4 Å². The predicted molar refractivity (Wildman–Crippen MR) is 83.5 cm³/mol. The van der Waals surface area contributed by atoms with E-state index in [-0.39, 0.29) is 23.4 Å². The molecule has 6 nitrogen and oxygen atoms in total. The summed E-state index contributed by atoms with van der Waals surface area (Å²) in [5.41, 5.74) is -0.122. The quantitative estimate of drug-likeness (QED) is 0.903. The zero-order valence-electron chi connectivity index (χ0n) is 13.1. The van der Waals surface area contributed by atoms with Crippen molar-refractivity contribution in [2.24, 2.45) is 5.41 Å². The van der Waals surface area contributed by atoms with Gasteiger partial charge in [-0.2, -0.15) is 0 Å². The molecule has 1 N–H and O–H groups in total. The third-order valence-corrected chi connectivity index (χ3v) is 4.38. The number of urea groups is 1. The lowest BCUT2D eigenvalue weighted by atomic mass is 9.86. The Bertz CT molecular complexity index is 575. The molecule has 0 unspecified atom stereocenters. The minimum absolute atomic E-state index is 0.0318. The van der Waals surface area contributed by atoms with Crippen molar-refractivity contribution in [1.29, 1.82) is 0 Å². The molecule has 1 atom stereocenters. The van der Waals surface area contributed by atoms with Crippen LogP contribution in [0.5, 0.6) is 0 Å². The lowest BCUT2D eigenvalue weighted by molar-refractivity contribution is -0.117. The van der Waals surface area contributed by atoms with Crippen LogP contribution in [0.2, 0.25) is 0 Å². The van der Waals surface area contributed by atoms with E-state index in [1.54, 1.807) is 11.1 Å². The fourth-order valence-corrected chi connectivity index (χ4v) is 3.34. The molecular formula is C16H22N4O2. The van der Waals surface area contributed by atoms with Gasteiger partial charge in [0.25, 0.3) is 0 Å². The van der Waals surface area contributed by atoms with Crippen molar-refractivity contribution < 1.29 is 9.59 Å². The molecule has 2 saturated heterocycles. The first-order chi connectivity index (χ1) is 10.5. The first-order valence-corrected chi connectivity index (χ1v) is 7.76. The lowest BCUT2D eigenvalue weighted by Gasteiger charge is -2.24. The number of carbonyl (C=O) groups is 2. The van der Waals surface area contributed by atoms with Gasteiger partial charge in [0.05, 0.1) is 0 Å². The number of hydrogen-bond acceptors (Lipinski definition) is 3. The van der Waals surface area contributed by atoms with Gasteiger partial charge in [-0.25, -0.2) is 9.78 Å². The van der Waals surface area contributed by atoms with Crippen LogP contribution in [-0.4, -0.2) is 47.5 Å². The summed E-state index contributed by atoms with van der Waals surface area (Å²) in [6.45, 7) is 5.90. The standard InChI is InChI=1S/C16H22N4O2/c1-12(2)18-15(22)19-8-6-16(10-19)9-14(21)20(11-16)13-5-3-4-7-17-13/h3-5,7,12H,6,8-11H2,1-2H3,(H,18,22)/t16-/m1/s1. The Morgan fingerprint density at radius 1 is 1.36 bits per heavy atom. The second kappa shape index (κ2) is 5.59. The van der Waals surface area contributed by atoms with Gasteiger partial charge in [-0.3, -0.25) is 9.69 Å². The Morgan fingerprint density at radius 3 is 2.86 bits per heavy atom. The van der Waals surface area contributed by atoms with Gasteiger partial charge in [-0.15, -0.1) is 0 Å². The van der Waals surface area contributed by atoms with Gasteiger partial charge >= 0.3 is 6.03 Å². The van der Waals surface area contributed by atoms with Crippen LogP contribution in [0.3, 0.4) is 0 Å². The van der Waals surface area contributed by atoms with Gasteiger partial charge < -0.3 is 10.2 Å². The fraction of sp³-hybridized carbons (Fsp3) is 0.562. The number of amides is 3. The largest absolute Gasteiger partial charge is 0.336 e. The summed E-state index contributed by atoms with van der Waals surface area (Å²) in [5, 5.41) is 2.92. The molecule has 3 heterocycles. The van der Waals surface area contributed by atoms with Crippen molar-refractivity contribution in [1.82, 2.24) is 15.2 Å². The maximum Gasteiger partial charge on any atom is 0.317 e. The van der Waals surface area contributed by atoms with E-state index in [1.807, 2.05) is 36.9 Å². The van der Waals surface area contributed by atoms with Crippen LogP contribution < -0.4 is 10.2 Å². The summed E-state index contributed by atoms with van der Waals surface area (Å²) in [7, 11) is 0. The van der Waals surface area contributed by atoms with Crippen LogP contribution in [0, 0.1) is 5.41 Å². The third kappa shape index (κ3) is 2.77. The molecular weight excluding hydrogens is 280 g/mol. The van der Waals surface area contributed by atoms with Crippen LogP contribution >= 0.6 is 0 Å². The Balaban J connectivity index is 1.69. The summed E-state index contributed by atoms with van der Waals surface area (Å²) < 4.78 is 0. The molecule has 2 aliphatic rings. The second-order valence-electron chi connectivity index (χ2n) is 6.62. The fourth-order valence-electron chi connectivity index (χ4n) is 3.34. The van der Waals surface area contributed by atoms with Crippen molar-refractivity contribution in [2.75, 3.05) is 24.5 Å². The molecule has 0 radical (unpaired) electrons. The molecule has 0 aromatic carbocycles. The Kier molecular flexibility index (Phi) is 3.76. The van der Waals surface area contributed by atoms with E-state index in [0.717, 1.165) is 6.42 Å². The monoisotopic (exact) mass is 302 g/mol. The molecule has 22 heavy (non-hydrogen) atoms. The van der Waals surface area contributed by atoms with E-state index in [4.69, 9.17) is 0 Å². The Hall–Kier alpha value is -2.11. The highest BCUT2D eigenvalue weighted by atomic mass is 16.2. The molecule has 0 bridgehead atoms. The van der Waals surface area contributed by atoms with Crippen LogP contribution in [-0.2, 0) is 4.79 Å². The van der Waals surface area contributed by atoms with E-state index in [0.29, 0.717) is 31.9 Å². The van der Waals surface area contributed by atoms with Crippen LogP contribution in [0.4, 0.5) is 10.6 Å². The Morgan fingerprint density at radius 2 is 2.18 bits per heavy atom. The van der Waals surface area contributed by atoms with Crippen LogP contribution in [0.1, 0.15) is 26.7 Å². The number of nitrogens with zero attached hydrogens (tertiary/aromatic N) is 3. The SMILES string of the molecule is CC(C)NC(=O)N1CC[C@@]2(CC(=O)N(c3ccccn3)C2)C1. The number of likely N-dealkylation sites (tertiary alicyclic amines) is 1. The Labute approximate surface area is 130 Å². The van der Waals surface area contributed by atoms with Gasteiger partial charge in [0, 0.05) is 43.7 Å². The molecule has 3 amide bonds. The van der Waals surface area contributed by atoms with Crippen molar-refractivity contribution in [3.8, 4) is 0 Å². The van der Waals surface area contributed by atoms with E-state index in [1.165, 1.54) is 0 Å². The van der Waals surface area contributed by atoms with E-state index in [9.17, 15) is 9.59 Å². The third-order valence-electron chi connectivity index (χ3n) is 4.38. The number of nitrogens with one attached hydrogen (secondary N) is 1. The molecule has 1 spiro atoms. The number of carbonyl (C=O) groups excluding carboxylic acids is 2. The highest BCUT2D eigenvalue weighted by Gasteiger charge is 2.49. The van der Waals surface area contributed by atoms with Crippen LogP contribution in [0.25, 0.3) is 0 Å². The normalized spacial score (nSPS) is 24.6. The average Bonchev–Trinajstić information content (AvgIpc) is 3.03. The first-order valence-electron chi connectivity index (χ1n) is 7.76. The minimum atomic E-state index is -0.122. The highest BCUT2D eigenvalue weighted by molar-refractivity contribution is 5.95. The maximum atomic E-state index is 12.4. The summed E-state index contributed by atoms with van der Waals surface area (Å²) in [5.74, 6) is 0.805. The minimum Gasteiger partial charge on any atom is -0.336 e. The molecule has 0 aliphatic carbocycles. The molecule has 3 rings (SSSR count). The number of rotatable bonds is 2. The molecule has 1 aromatic rings. The zero-order valence-corrected chi connectivity index (χ0v) is 13.1. The number of aromatic nitrogens is 1. The van der Waals surface area contributed by atoms with E-state index < -0.39 is 0 Å². The molecule has 6 heteroatoms. The average molecular weight is 302 g/mol. The summed E-state index contributed by atoms with van der Waals surface area (Å²) in [6.07, 6.45) is 3.06. The predicted octanol–water partition coefficient (Wildman–Crippen LogP) is 1.63. The van der Waals surface area contributed by atoms with Gasteiger partial charge in [0.1, 0.15) is 5.82 Å². The van der Waals surface area contributed by atoms with Crippen molar-refractivity contribution in [2.45, 2.75) is 32.7 Å². The molecule has 2 aliphatic heterocycles. The van der Waals surface area contributed by atoms with E-state index in [2.05, 4.69) is 10.3 Å².